The highest BCUT2D eigenvalue weighted by Crippen LogP contribution is 2.36. The molecule has 0 fully saturated rings. The molecule has 0 saturated carbocycles. The quantitative estimate of drug-likeness (QED) is 0.849. The predicted molar refractivity (Wildman–Crippen MR) is 85.2 cm³/mol. The van der Waals surface area contributed by atoms with Crippen LogP contribution < -0.4 is 0 Å². The largest absolute Gasteiger partial charge is 0.504 e. The Kier molecular flexibility index (Phi) is 4.37. The summed E-state index contributed by atoms with van der Waals surface area (Å²) in [6.45, 7) is 0. The summed E-state index contributed by atoms with van der Waals surface area (Å²) >= 11 is 0. The fourth-order valence-corrected chi connectivity index (χ4v) is 4.16. The number of benzene rings is 1. The van der Waals surface area contributed by atoms with Crippen molar-refractivity contribution < 1.29 is 21.9 Å². The zero-order valence-corrected chi connectivity index (χ0v) is 14.7. The zero-order chi connectivity index (χ0) is 17.6. The topological polar surface area (TPSA) is 108 Å². The number of rotatable bonds is 4. The van der Waals surface area contributed by atoms with E-state index in [0.717, 1.165) is 14.7 Å². The lowest BCUT2D eigenvalue weighted by atomic mass is 10.2. The summed E-state index contributed by atoms with van der Waals surface area (Å²) in [4.78, 5) is 3.19. The first-order valence-electron chi connectivity index (χ1n) is 6.47. The van der Waals surface area contributed by atoms with E-state index < -0.39 is 30.7 Å². The highest BCUT2D eigenvalue weighted by Gasteiger charge is 2.30. The number of fused-ring (bicyclic) bond motifs is 1. The first kappa shape index (κ1) is 17.6. The maximum atomic E-state index is 12.5. The van der Waals surface area contributed by atoms with E-state index in [1.165, 1.54) is 46.5 Å². The molecule has 1 N–H and O–H groups in total. The van der Waals surface area contributed by atoms with Gasteiger partial charge in [-0.05, 0) is 18.2 Å². The molecule has 0 spiro atoms. The lowest BCUT2D eigenvalue weighted by molar-refractivity contribution is 0.456. The van der Waals surface area contributed by atoms with Crippen molar-refractivity contribution >= 4 is 30.9 Å². The average molecular weight is 359 g/mol. The number of phenolic OH excluding ortho intramolecular Hbond substituents is 1. The van der Waals surface area contributed by atoms with Gasteiger partial charge in [-0.2, -0.15) is 0 Å². The summed E-state index contributed by atoms with van der Waals surface area (Å²) < 4.78 is 51.6. The van der Waals surface area contributed by atoms with Gasteiger partial charge in [0.1, 0.15) is 10.4 Å². The molecular weight excluding hydrogens is 342 g/mol. The van der Waals surface area contributed by atoms with E-state index in [-0.39, 0.29) is 15.8 Å². The van der Waals surface area contributed by atoms with E-state index in [4.69, 9.17) is 0 Å². The van der Waals surface area contributed by atoms with E-state index in [0.29, 0.717) is 0 Å². The molecule has 1 heterocycles. The fraction of sp³-hybridized carbons (Fsp3) is 0.308. The van der Waals surface area contributed by atoms with Gasteiger partial charge in [0.2, 0.25) is 20.0 Å². The minimum Gasteiger partial charge on any atom is -0.504 e. The van der Waals surface area contributed by atoms with Gasteiger partial charge in [-0.1, -0.05) is 0 Å². The highest BCUT2D eigenvalue weighted by atomic mass is 32.2. The van der Waals surface area contributed by atoms with E-state index in [1.807, 2.05) is 0 Å². The number of nitrogens with zero attached hydrogens (tertiary/aromatic N) is 3. The highest BCUT2D eigenvalue weighted by molar-refractivity contribution is 7.90. The molecule has 0 saturated heterocycles. The van der Waals surface area contributed by atoms with Crippen LogP contribution in [-0.2, 0) is 20.0 Å². The molecular formula is C13H17N3O5S2. The monoisotopic (exact) mass is 359 g/mol. The van der Waals surface area contributed by atoms with Crippen molar-refractivity contribution in [2.45, 2.75) is 9.79 Å². The minimum atomic E-state index is -4.05. The van der Waals surface area contributed by atoms with Gasteiger partial charge >= 0.3 is 0 Å². The second-order valence-electron chi connectivity index (χ2n) is 5.20. The van der Waals surface area contributed by atoms with Crippen LogP contribution in [0.25, 0.3) is 10.9 Å². The van der Waals surface area contributed by atoms with Crippen LogP contribution in [0.15, 0.2) is 34.2 Å². The maximum absolute atomic E-state index is 12.5. The molecule has 0 bridgehead atoms. The molecule has 23 heavy (non-hydrogen) atoms. The Bertz CT molecular complexity index is 967. The lowest BCUT2D eigenvalue weighted by Crippen LogP contribution is -2.25. The van der Waals surface area contributed by atoms with Crippen molar-refractivity contribution in [3.8, 4) is 5.75 Å². The molecule has 0 aliphatic rings. The minimum absolute atomic E-state index is 0.0872. The molecule has 0 amide bonds. The summed E-state index contributed by atoms with van der Waals surface area (Å²) in [7, 11) is -2.72. The Morgan fingerprint density at radius 3 is 2.00 bits per heavy atom. The Morgan fingerprint density at radius 1 is 0.957 bits per heavy atom. The first-order chi connectivity index (χ1) is 10.5. The third-order valence-corrected chi connectivity index (χ3v) is 6.99. The van der Waals surface area contributed by atoms with E-state index >= 15 is 0 Å². The summed E-state index contributed by atoms with van der Waals surface area (Å²) in [6, 6.07) is 3.94. The first-order valence-corrected chi connectivity index (χ1v) is 9.35. The molecule has 0 radical (unpaired) electrons. The van der Waals surface area contributed by atoms with Crippen LogP contribution in [0.3, 0.4) is 0 Å². The number of aromatic hydroxyl groups is 1. The van der Waals surface area contributed by atoms with Gasteiger partial charge in [0, 0.05) is 39.8 Å². The van der Waals surface area contributed by atoms with Crippen molar-refractivity contribution in [3.05, 3.63) is 24.4 Å². The summed E-state index contributed by atoms with van der Waals surface area (Å²) in [5.74, 6) is -0.577. The normalized spacial score (nSPS) is 13.1. The van der Waals surface area contributed by atoms with Crippen LogP contribution in [0.4, 0.5) is 0 Å². The number of phenols is 1. The fourth-order valence-electron chi connectivity index (χ4n) is 1.98. The standard InChI is InChI=1S/C13H17N3O5S2/c1-15(2)22(18,19)10-8-11(23(20,21)16(3)4)13(17)12-9(10)6-5-7-14-12/h5-8,17H,1-4H3. The Balaban J connectivity index is 3.03. The summed E-state index contributed by atoms with van der Waals surface area (Å²) in [5, 5.41) is 10.4. The van der Waals surface area contributed by atoms with Gasteiger partial charge in [0.25, 0.3) is 0 Å². The molecule has 0 atom stereocenters. The van der Waals surface area contributed by atoms with Gasteiger partial charge in [-0.25, -0.2) is 25.4 Å². The molecule has 126 valence electrons. The molecule has 0 unspecified atom stereocenters. The Morgan fingerprint density at radius 2 is 1.48 bits per heavy atom. The molecule has 10 heteroatoms. The van der Waals surface area contributed by atoms with Gasteiger partial charge in [-0.15, -0.1) is 0 Å². The zero-order valence-electron chi connectivity index (χ0n) is 13.0. The third-order valence-electron chi connectivity index (χ3n) is 3.31. The summed E-state index contributed by atoms with van der Waals surface area (Å²) in [6.07, 6.45) is 1.35. The van der Waals surface area contributed by atoms with Crippen molar-refractivity contribution in [2.24, 2.45) is 0 Å². The molecule has 2 rings (SSSR count). The number of hydrogen-bond donors (Lipinski definition) is 1. The lowest BCUT2D eigenvalue weighted by Gasteiger charge is -2.18. The smallest absolute Gasteiger partial charge is 0.246 e. The van der Waals surface area contributed by atoms with Crippen LogP contribution in [0.5, 0.6) is 5.75 Å². The van der Waals surface area contributed by atoms with Crippen molar-refractivity contribution in [2.75, 3.05) is 28.2 Å². The molecule has 0 aliphatic heterocycles. The van der Waals surface area contributed by atoms with Gasteiger partial charge < -0.3 is 5.11 Å². The number of hydrogen-bond acceptors (Lipinski definition) is 6. The van der Waals surface area contributed by atoms with Crippen LogP contribution in [0, 0.1) is 0 Å². The van der Waals surface area contributed by atoms with Crippen molar-refractivity contribution in [1.29, 1.82) is 0 Å². The van der Waals surface area contributed by atoms with Crippen molar-refractivity contribution in [1.82, 2.24) is 13.6 Å². The van der Waals surface area contributed by atoms with Gasteiger partial charge in [-0.3, -0.25) is 4.98 Å². The third kappa shape index (κ3) is 2.78. The molecule has 0 aliphatic carbocycles. The number of aromatic nitrogens is 1. The SMILES string of the molecule is CN(C)S(=O)(=O)c1cc(S(=O)(=O)N(C)C)c2cccnc2c1O. The van der Waals surface area contributed by atoms with Crippen LogP contribution >= 0.6 is 0 Å². The second kappa shape index (κ2) is 5.71. The van der Waals surface area contributed by atoms with Crippen LogP contribution in [0.1, 0.15) is 0 Å². The van der Waals surface area contributed by atoms with E-state index in [2.05, 4.69) is 4.98 Å². The average Bonchev–Trinajstić information content (AvgIpc) is 2.47. The number of pyridine rings is 1. The molecule has 2 aromatic rings. The Hall–Kier alpha value is -1.75. The second-order valence-corrected chi connectivity index (χ2v) is 9.44. The predicted octanol–water partition coefficient (Wildman–Crippen LogP) is 0.441. The van der Waals surface area contributed by atoms with E-state index in [9.17, 15) is 21.9 Å². The Labute approximate surface area is 135 Å². The maximum Gasteiger partial charge on any atom is 0.246 e. The van der Waals surface area contributed by atoms with E-state index in [1.54, 1.807) is 0 Å². The van der Waals surface area contributed by atoms with Gasteiger partial charge in [0.05, 0.1) is 4.90 Å². The molecule has 8 nitrogen and oxygen atoms in total. The summed E-state index contributed by atoms with van der Waals surface area (Å²) in [5.41, 5.74) is -0.0872. The molecule has 1 aromatic carbocycles. The van der Waals surface area contributed by atoms with Gasteiger partial charge in [0.15, 0.2) is 5.75 Å². The molecule has 1 aromatic heterocycles. The van der Waals surface area contributed by atoms with Crippen LogP contribution in [0.2, 0.25) is 0 Å². The van der Waals surface area contributed by atoms with Crippen molar-refractivity contribution in [3.63, 3.8) is 0 Å². The number of sulfonamides is 2. The van der Waals surface area contributed by atoms with Crippen LogP contribution in [-0.4, -0.2) is 63.7 Å².